The van der Waals surface area contributed by atoms with E-state index in [1.54, 1.807) is 12.8 Å². The first kappa shape index (κ1) is 14.1. The summed E-state index contributed by atoms with van der Waals surface area (Å²) in [4.78, 5) is 0. The molecular weight excluding hydrogens is 192 g/mol. The molecule has 0 aromatic rings. The van der Waals surface area contributed by atoms with Crippen LogP contribution in [0.15, 0.2) is 0 Å². The minimum Gasteiger partial charge on any atom is -0.0654 e. The average molecular weight is 224 g/mol. The molecule has 1 saturated carbocycles. The van der Waals surface area contributed by atoms with Crippen molar-refractivity contribution >= 4 is 0 Å². The first-order valence-electron chi connectivity index (χ1n) is 7.88. The molecule has 0 aromatic carbocycles. The fourth-order valence-electron chi connectivity index (χ4n) is 3.34. The van der Waals surface area contributed by atoms with Crippen molar-refractivity contribution < 1.29 is 0 Å². The van der Waals surface area contributed by atoms with Gasteiger partial charge in [-0.15, -0.1) is 0 Å². The Bertz CT molecular complexity index is 144. The van der Waals surface area contributed by atoms with E-state index in [2.05, 4.69) is 13.8 Å². The Morgan fingerprint density at radius 1 is 0.812 bits per heavy atom. The number of hydrogen-bond acceptors (Lipinski definition) is 0. The molecule has 1 atom stereocenters. The van der Waals surface area contributed by atoms with Gasteiger partial charge in [-0.05, 0) is 11.8 Å². The fourth-order valence-corrected chi connectivity index (χ4v) is 3.34. The van der Waals surface area contributed by atoms with Crippen LogP contribution in [0.3, 0.4) is 0 Å². The average Bonchev–Trinajstić information content (AvgIpc) is 2.35. The first-order valence-corrected chi connectivity index (χ1v) is 7.88. The van der Waals surface area contributed by atoms with E-state index >= 15 is 0 Å². The Hall–Kier alpha value is 0. The van der Waals surface area contributed by atoms with Crippen LogP contribution < -0.4 is 0 Å². The van der Waals surface area contributed by atoms with Gasteiger partial charge in [0.05, 0.1) is 0 Å². The molecule has 0 spiro atoms. The molecule has 1 fully saturated rings. The van der Waals surface area contributed by atoms with Gasteiger partial charge in [0.1, 0.15) is 0 Å². The van der Waals surface area contributed by atoms with Crippen LogP contribution in [-0.4, -0.2) is 0 Å². The minimum absolute atomic E-state index is 1.08. The lowest BCUT2D eigenvalue weighted by molar-refractivity contribution is 0.216. The fraction of sp³-hybridized carbons (Fsp3) is 1.00. The number of unbranched alkanes of at least 4 members (excludes halogenated alkanes) is 3. The van der Waals surface area contributed by atoms with Gasteiger partial charge < -0.3 is 0 Å². The van der Waals surface area contributed by atoms with E-state index in [4.69, 9.17) is 0 Å². The molecule has 1 aliphatic rings. The summed E-state index contributed by atoms with van der Waals surface area (Å²) in [5.41, 5.74) is 0. The second kappa shape index (κ2) is 9.07. The highest BCUT2D eigenvalue weighted by molar-refractivity contribution is 4.74. The topological polar surface area (TPSA) is 0 Å². The Labute approximate surface area is 103 Å². The summed E-state index contributed by atoms with van der Waals surface area (Å²) >= 11 is 0. The lowest BCUT2D eigenvalue weighted by atomic mass is 9.76. The normalized spacial score (nSPS) is 19.9. The Morgan fingerprint density at radius 3 is 2.06 bits per heavy atom. The van der Waals surface area contributed by atoms with Crippen LogP contribution in [0.4, 0.5) is 0 Å². The van der Waals surface area contributed by atoms with Gasteiger partial charge in [-0.25, -0.2) is 0 Å². The third kappa shape index (κ3) is 5.37. The standard InChI is InChI=1S/C16H32/c1-3-5-8-12-15(11-6-4-2)16-13-9-7-10-14-16/h15-16H,3-14H2,1-2H3. The Morgan fingerprint density at radius 2 is 1.44 bits per heavy atom. The molecular formula is C16H32. The predicted molar refractivity (Wildman–Crippen MR) is 73.7 cm³/mol. The quantitative estimate of drug-likeness (QED) is 0.447. The highest BCUT2D eigenvalue weighted by Crippen LogP contribution is 2.35. The predicted octanol–water partition coefficient (Wildman–Crippen LogP) is 5.95. The smallest absolute Gasteiger partial charge is 0.0386 e. The highest BCUT2D eigenvalue weighted by atomic mass is 14.3. The maximum Gasteiger partial charge on any atom is -0.0386 e. The van der Waals surface area contributed by atoms with Crippen molar-refractivity contribution in [3.63, 3.8) is 0 Å². The minimum atomic E-state index is 1.08. The summed E-state index contributed by atoms with van der Waals surface area (Å²) in [6, 6.07) is 0. The van der Waals surface area contributed by atoms with Gasteiger partial charge in [-0.2, -0.15) is 0 Å². The van der Waals surface area contributed by atoms with Crippen molar-refractivity contribution in [1.29, 1.82) is 0 Å². The van der Waals surface area contributed by atoms with Crippen molar-refractivity contribution in [3.8, 4) is 0 Å². The SMILES string of the molecule is CCCCCC(CCCC)C1CCCCC1. The monoisotopic (exact) mass is 224 g/mol. The lowest BCUT2D eigenvalue weighted by Gasteiger charge is -2.30. The molecule has 0 N–H and O–H groups in total. The molecule has 0 aliphatic heterocycles. The van der Waals surface area contributed by atoms with Gasteiger partial charge in [-0.1, -0.05) is 90.9 Å². The van der Waals surface area contributed by atoms with Gasteiger partial charge in [-0.3, -0.25) is 0 Å². The molecule has 1 aliphatic carbocycles. The van der Waals surface area contributed by atoms with Crippen molar-refractivity contribution in [3.05, 3.63) is 0 Å². The maximum absolute atomic E-state index is 2.34. The van der Waals surface area contributed by atoms with E-state index in [-0.39, 0.29) is 0 Å². The summed E-state index contributed by atoms with van der Waals surface area (Å²) in [6.07, 6.45) is 17.8. The van der Waals surface area contributed by atoms with E-state index in [1.807, 2.05) is 0 Å². The molecule has 1 rings (SSSR count). The second-order valence-electron chi connectivity index (χ2n) is 5.80. The van der Waals surface area contributed by atoms with E-state index in [0.29, 0.717) is 0 Å². The third-order valence-corrected chi connectivity index (χ3v) is 4.42. The van der Waals surface area contributed by atoms with E-state index < -0.39 is 0 Å². The van der Waals surface area contributed by atoms with Gasteiger partial charge in [0.15, 0.2) is 0 Å². The molecule has 96 valence electrons. The summed E-state index contributed by atoms with van der Waals surface area (Å²) in [6.45, 7) is 4.66. The Balaban J connectivity index is 2.28. The molecule has 0 aromatic heterocycles. The zero-order valence-corrected chi connectivity index (χ0v) is 11.6. The van der Waals surface area contributed by atoms with Crippen LogP contribution in [0.2, 0.25) is 0 Å². The van der Waals surface area contributed by atoms with Crippen LogP contribution in [0.1, 0.15) is 90.9 Å². The second-order valence-corrected chi connectivity index (χ2v) is 5.80. The van der Waals surface area contributed by atoms with Crippen molar-refractivity contribution in [2.75, 3.05) is 0 Å². The Kier molecular flexibility index (Phi) is 7.98. The van der Waals surface area contributed by atoms with E-state index in [9.17, 15) is 0 Å². The summed E-state index contributed by atoms with van der Waals surface area (Å²) in [7, 11) is 0. The first-order chi connectivity index (χ1) is 7.88. The number of hydrogen-bond donors (Lipinski definition) is 0. The van der Waals surface area contributed by atoms with Gasteiger partial charge in [0, 0.05) is 0 Å². The molecule has 1 unspecified atom stereocenters. The number of rotatable bonds is 8. The van der Waals surface area contributed by atoms with E-state index in [1.165, 1.54) is 64.2 Å². The molecule has 0 bridgehead atoms. The highest BCUT2D eigenvalue weighted by Gasteiger charge is 2.22. The van der Waals surface area contributed by atoms with Crippen LogP contribution >= 0.6 is 0 Å². The van der Waals surface area contributed by atoms with Gasteiger partial charge in [0.2, 0.25) is 0 Å². The van der Waals surface area contributed by atoms with Crippen molar-refractivity contribution in [2.45, 2.75) is 90.9 Å². The van der Waals surface area contributed by atoms with Crippen LogP contribution in [0, 0.1) is 11.8 Å². The van der Waals surface area contributed by atoms with Gasteiger partial charge >= 0.3 is 0 Å². The van der Waals surface area contributed by atoms with Crippen LogP contribution in [0.5, 0.6) is 0 Å². The van der Waals surface area contributed by atoms with Crippen LogP contribution in [0.25, 0.3) is 0 Å². The zero-order valence-electron chi connectivity index (χ0n) is 11.6. The summed E-state index contributed by atoms with van der Waals surface area (Å²) in [5, 5.41) is 0. The molecule has 0 amide bonds. The third-order valence-electron chi connectivity index (χ3n) is 4.42. The lowest BCUT2D eigenvalue weighted by Crippen LogP contribution is -2.18. The molecule has 0 radical (unpaired) electrons. The van der Waals surface area contributed by atoms with Crippen molar-refractivity contribution in [1.82, 2.24) is 0 Å². The van der Waals surface area contributed by atoms with Gasteiger partial charge in [0.25, 0.3) is 0 Å². The zero-order chi connectivity index (χ0) is 11.6. The van der Waals surface area contributed by atoms with Crippen molar-refractivity contribution in [2.24, 2.45) is 11.8 Å². The molecule has 16 heavy (non-hydrogen) atoms. The molecule has 0 heteroatoms. The maximum atomic E-state index is 2.34. The molecule has 0 nitrogen and oxygen atoms in total. The summed E-state index contributed by atoms with van der Waals surface area (Å²) < 4.78 is 0. The molecule has 0 saturated heterocycles. The molecule has 0 heterocycles. The summed E-state index contributed by atoms with van der Waals surface area (Å²) in [5.74, 6) is 2.17. The largest absolute Gasteiger partial charge is 0.0654 e. The van der Waals surface area contributed by atoms with E-state index in [0.717, 1.165) is 11.8 Å². The van der Waals surface area contributed by atoms with Crippen LogP contribution in [-0.2, 0) is 0 Å².